The summed E-state index contributed by atoms with van der Waals surface area (Å²) in [5.74, 6) is -0.940. The molecule has 0 saturated carbocycles. The molecule has 1 fully saturated rings. The number of rotatable bonds is 9. The van der Waals surface area contributed by atoms with Crippen LogP contribution in [0.3, 0.4) is 0 Å². The number of hydrogen-bond acceptors (Lipinski definition) is 7. The predicted molar refractivity (Wildman–Crippen MR) is 106 cm³/mol. The summed E-state index contributed by atoms with van der Waals surface area (Å²) < 4.78 is 5.81. The molecular formula is C17H16N2O6S2. The first kappa shape index (κ1) is 20.6. The Morgan fingerprint density at radius 3 is 2.85 bits per heavy atom. The van der Waals surface area contributed by atoms with E-state index in [4.69, 9.17) is 22.1 Å². The lowest BCUT2D eigenvalue weighted by Gasteiger charge is -2.13. The molecule has 1 saturated heterocycles. The Morgan fingerprint density at radius 1 is 1.48 bits per heavy atom. The summed E-state index contributed by atoms with van der Waals surface area (Å²) >= 11 is 6.25. The van der Waals surface area contributed by atoms with E-state index in [2.05, 4.69) is 6.58 Å². The number of thiocarbonyl (C=S) groups is 1. The van der Waals surface area contributed by atoms with Crippen LogP contribution in [0.5, 0.6) is 5.75 Å². The Kier molecular flexibility index (Phi) is 7.08. The molecule has 0 unspecified atom stereocenters. The highest BCUT2D eigenvalue weighted by molar-refractivity contribution is 8.26. The third kappa shape index (κ3) is 5.38. The van der Waals surface area contributed by atoms with Crippen molar-refractivity contribution in [3.05, 3.63) is 51.4 Å². The SMILES string of the molecule is C=CCOc1ccc([N+](=O)[O-])cc1/C=C1\SC(=S)N(CCCC(=O)O)C1=O. The van der Waals surface area contributed by atoms with Crippen LogP contribution < -0.4 is 4.74 Å². The molecule has 1 aliphatic rings. The largest absolute Gasteiger partial charge is 0.489 e. The number of non-ortho nitro benzene ring substituents is 1. The summed E-state index contributed by atoms with van der Waals surface area (Å²) in [6.45, 7) is 3.96. The molecule has 1 aromatic rings. The molecule has 142 valence electrons. The maximum absolute atomic E-state index is 12.6. The molecular weight excluding hydrogens is 392 g/mol. The van der Waals surface area contributed by atoms with Gasteiger partial charge in [-0.2, -0.15) is 0 Å². The zero-order valence-corrected chi connectivity index (χ0v) is 15.8. The van der Waals surface area contributed by atoms with Crippen molar-refractivity contribution in [2.45, 2.75) is 12.8 Å². The van der Waals surface area contributed by atoms with Gasteiger partial charge in [-0.25, -0.2) is 0 Å². The Bertz CT molecular complexity index is 837. The van der Waals surface area contributed by atoms with Crippen molar-refractivity contribution < 1.29 is 24.4 Å². The summed E-state index contributed by atoms with van der Waals surface area (Å²) in [6.07, 6.45) is 3.23. The van der Waals surface area contributed by atoms with E-state index in [1.54, 1.807) is 0 Å². The van der Waals surface area contributed by atoms with Crippen LogP contribution in [0, 0.1) is 10.1 Å². The highest BCUT2D eigenvalue weighted by Gasteiger charge is 2.32. The van der Waals surface area contributed by atoms with Gasteiger partial charge in [-0.05, 0) is 18.6 Å². The van der Waals surface area contributed by atoms with Gasteiger partial charge in [0, 0.05) is 30.7 Å². The topological polar surface area (TPSA) is 110 Å². The third-order valence-corrected chi connectivity index (χ3v) is 4.87. The number of ether oxygens (including phenoxy) is 1. The number of carbonyl (C=O) groups is 2. The first-order valence-electron chi connectivity index (χ1n) is 7.82. The van der Waals surface area contributed by atoms with Crippen molar-refractivity contribution in [3.63, 3.8) is 0 Å². The molecule has 0 bridgehead atoms. The fourth-order valence-electron chi connectivity index (χ4n) is 2.26. The van der Waals surface area contributed by atoms with E-state index in [1.807, 2.05) is 0 Å². The number of nitro benzene ring substituents is 1. The average molecular weight is 408 g/mol. The first-order chi connectivity index (χ1) is 12.8. The molecule has 0 atom stereocenters. The van der Waals surface area contributed by atoms with Crippen molar-refractivity contribution in [1.82, 2.24) is 4.90 Å². The molecule has 1 amide bonds. The number of nitrogens with zero attached hydrogens (tertiary/aromatic N) is 2. The molecule has 10 heteroatoms. The lowest BCUT2D eigenvalue weighted by atomic mass is 10.1. The van der Waals surface area contributed by atoms with Gasteiger partial charge in [0.1, 0.15) is 16.7 Å². The number of nitro groups is 1. The summed E-state index contributed by atoms with van der Waals surface area (Å²) in [4.78, 5) is 35.3. The van der Waals surface area contributed by atoms with Gasteiger partial charge in [-0.1, -0.05) is 36.6 Å². The van der Waals surface area contributed by atoms with Crippen LogP contribution >= 0.6 is 24.0 Å². The van der Waals surface area contributed by atoms with Gasteiger partial charge in [0.2, 0.25) is 0 Å². The monoisotopic (exact) mass is 408 g/mol. The van der Waals surface area contributed by atoms with E-state index in [-0.39, 0.29) is 37.6 Å². The molecule has 1 aromatic carbocycles. The van der Waals surface area contributed by atoms with Gasteiger partial charge < -0.3 is 9.84 Å². The van der Waals surface area contributed by atoms with Crippen LogP contribution in [0.15, 0.2) is 35.8 Å². The Labute approximate surface area is 164 Å². The van der Waals surface area contributed by atoms with E-state index in [0.717, 1.165) is 11.8 Å². The Balaban J connectivity index is 2.28. The first-order valence-corrected chi connectivity index (χ1v) is 9.05. The van der Waals surface area contributed by atoms with Crippen molar-refractivity contribution in [2.24, 2.45) is 0 Å². The fraction of sp³-hybridized carbons (Fsp3) is 0.235. The Morgan fingerprint density at radius 2 is 2.22 bits per heavy atom. The minimum atomic E-state index is -0.948. The quantitative estimate of drug-likeness (QED) is 0.218. The van der Waals surface area contributed by atoms with Crippen LogP contribution in [-0.4, -0.2) is 44.3 Å². The number of hydrogen-bond donors (Lipinski definition) is 1. The number of carbonyl (C=O) groups excluding carboxylic acids is 1. The van der Waals surface area contributed by atoms with Crippen molar-refractivity contribution >= 4 is 51.9 Å². The van der Waals surface area contributed by atoms with Crippen LogP contribution in [0.2, 0.25) is 0 Å². The normalized spacial score (nSPS) is 15.3. The number of carboxylic acid groups (broad SMARTS) is 1. The second-order valence-corrected chi connectivity index (χ2v) is 7.09. The van der Waals surface area contributed by atoms with Crippen LogP contribution in [0.1, 0.15) is 18.4 Å². The molecule has 0 radical (unpaired) electrons. The second-order valence-electron chi connectivity index (χ2n) is 5.41. The van der Waals surface area contributed by atoms with Crippen molar-refractivity contribution in [1.29, 1.82) is 0 Å². The van der Waals surface area contributed by atoms with E-state index >= 15 is 0 Å². The fourth-order valence-corrected chi connectivity index (χ4v) is 3.56. The van der Waals surface area contributed by atoms with Crippen molar-refractivity contribution in [3.8, 4) is 5.75 Å². The molecule has 27 heavy (non-hydrogen) atoms. The zero-order valence-electron chi connectivity index (χ0n) is 14.1. The number of carboxylic acids is 1. The van der Waals surface area contributed by atoms with Crippen molar-refractivity contribution in [2.75, 3.05) is 13.2 Å². The Hall–Kier alpha value is -2.72. The van der Waals surface area contributed by atoms with Gasteiger partial charge in [0.15, 0.2) is 0 Å². The van der Waals surface area contributed by atoms with Gasteiger partial charge >= 0.3 is 5.97 Å². The lowest BCUT2D eigenvalue weighted by molar-refractivity contribution is -0.384. The number of amides is 1. The number of benzene rings is 1. The van der Waals surface area contributed by atoms with Gasteiger partial charge in [-0.15, -0.1) is 0 Å². The smallest absolute Gasteiger partial charge is 0.303 e. The highest BCUT2D eigenvalue weighted by atomic mass is 32.2. The van der Waals surface area contributed by atoms with Crippen LogP contribution in [0.4, 0.5) is 5.69 Å². The summed E-state index contributed by atoms with van der Waals surface area (Å²) in [6, 6.07) is 4.09. The van der Waals surface area contributed by atoms with Gasteiger partial charge in [0.25, 0.3) is 11.6 Å². The second kappa shape index (κ2) is 9.28. The lowest BCUT2D eigenvalue weighted by Crippen LogP contribution is -2.29. The molecule has 0 spiro atoms. The molecule has 0 aliphatic carbocycles. The van der Waals surface area contributed by atoms with Gasteiger partial charge in [0.05, 0.1) is 9.83 Å². The molecule has 1 N–H and O–H groups in total. The summed E-state index contributed by atoms with van der Waals surface area (Å²) in [5.41, 5.74) is 0.237. The van der Waals surface area contributed by atoms with E-state index in [9.17, 15) is 19.7 Å². The van der Waals surface area contributed by atoms with Gasteiger partial charge in [-0.3, -0.25) is 24.6 Å². The predicted octanol–water partition coefficient (Wildman–Crippen LogP) is 3.23. The number of thioether (sulfide) groups is 1. The molecule has 2 rings (SSSR count). The van der Waals surface area contributed by atoms with E-state index < -0.39 is 10.9 Å². The summed E-state index contributed by atoms with van der Waals surface area (Å²) in [5, 5.41) is 19.7. The third-order valence-electron chi connectivity index (χ3n) is 3.49. The minimum absolute atomic E-state index is 0.0689. The zero-order chi connectivity index (χ0) is 20.0. The van der Waals surface area contributed by atoms with E-state index in [1.165, 1.54) is 35.3 Å². The maximum Gasteiger partial charge on any atom is 0.303 e. The standard InChI is InChI=1S/C17H16N2O6S2/c1-2-8-25-13-6-5-12(19(23)24)9-11(13)10-14-16(22)18(17(26)27-14)7-3-4-15(20)21/h2,5-6,9-10H,1,3-4,7-8H2,(H,20,21)/b14-10-. The van der Waals surface area contributed by atoms with Crippen LogP contribution in [0.25, 0.3) is 6.08 Å². The average Bonchev–Trinajstić information content (AvgIpc) is 2.87. The minimum Gasteiger partial charge on any atom is -0.489 e. The van der Waals surface area contributed by atoms with E-state index in [0.29, 0.717) is 20.5 Å². The molecule has 1 heterocycles. The molecule has 0 aromatic heterocycles. The maximum atomic E-state index is 12.6. The molecule has 1 aliphatic heterocycles. The highest BCUT2D eigenvalue weighted by Crippen LogP contribution is 2.35. The molecule has 8 nitrogen and oxygen atoms in total. The number of aliphatic carboxylic acids is 1. The summed E-state index contributed by atoms with van der Waals surface area (Å²) in [7, 11) is 0. The van der Waals surface area contributed by atoms with Crippen LogP contribution in [-0.2, 0) is 9.59 Å².